The van der Waals surface area contributed by atoms with E-state index in [-0.39, 0.29) is 0 Å². The third kappa shape index (κ3) is 2.23. The van der Waals surface area contributed by atoms with Crippen LogP contribution < -0.4 is 5.73 Å². The van der Waals surface area contributed by atoms with E-state index in [1.54, 1.807) is 6.20 Å². The fourth-order valence-electron chi connectivity index (χ4n) is 2.79. The summed E-state index contributed by atoms with van der Waals surface area (Å²) in [5.74, 6) is 1.36. The van der Waals surface area contributed by atoms with Gasteiger partial charge in [0.25, 0.3) is 0 Å². The zero-order chi connectivity index (χ0) is 12.4. The maximum atomic E-state index is 5.74. The first-order valence-corrected chi connectivity index (χ1v) is 6.55. The maximum Gasteiger partial charge on any atom is 0.123 e. The first kappa shape index (κ1) is 11.3. The lowest BCUT2D eigenvalue weighted by Gasteiger charge is -2.13. The summed E-state index contributed by atoms with van der Waals surface area (Å²) >= 11 is 0. The van der Waals surface area contributed by atoms with Gasteiger partial charge in [0.2, 0.25) is 0 Å². The molecule has 2 N–H and O–H groups in total. The molecule has 0 amide bonds. The number of imidazole rings is 1. The Morgan fingerprint density at radius 3 is 2.94 bits per heavy atom. The van der Waals surface area contributed by atoms with Crippen molar-refractivity contribution in [3.63, 3.8) is 0 Å². The Morgan fingerprint density at radius 1 is 1.33 bits per heavy atom. The van der Waals surface area contributed by atoms with Crippen molar-refractivity contribution < 1.29 is 0 Å². The molecule has 1 aliphatic rings. The van der Waals surface area contributed by atoms with E-state index in [0.29, 0.717) is 5.82 Å². The van der Waals surface area contributed by atoms with Gasteiger partial charge in [0, 0.05) is 18.3 Å². The molecule has 18 heavy (non-hydrogen) atoms. The average Bonchev–Trinajstić information content (AvgIpc) is 3.01. The molecule has 0 spiro atoms. The van der Waals surface area contributed by atoms with Crippen LogP contribution >= 0.6 is 0 Å². The van der Waals surface area contributed by atoms with E-state index < -0.39 is 0 Å². The molecule has 2 aromatic heterocycles. The van der Waals surface area contributed by atoms with Crippen LogP contribution in [0.3, 0.4) is 0 Å². The highest BCUT2D eigenvalue weighted by Gasteiger charge is 2.17. The molecule has 2 heterocycles. The lowest BCUT2D eigenvalue weighted by Crippen LogP contribution is -2.07. The predicted octanol–water partition coefficient (Wildman–Crippen LogP) is 2.72. The summed E-state index contributed by atoms with van der Waals surface area (Å²) < 4.78 is 2.24. The number of hydrogen-bond acceptors (Lipinski definition) is 3. The van der Waals surface area contributed by atoms with Crippen LogP contribution in [0.1, 0.15) is 25.7 Å². The molecule has 1 fully saturated rings. The van der Waals surface area contributed by atoms with Gasteiger partial charge < -0.3 is 10.3 Å². The number of aromatic nitrogens is 3. The largest absolute Gasteiger partial charge is 0.384 e. The monoisotopic (exact) mass is 242 g/mol. The second-order valence-corrected chi connectivity index (χ2v) is 5.05. The van der Waals surface area contributed by atoms with E-state index in [1.807, 2.05) is 24.7 Å². The molecule has 0 aromatic carbocycles. The molecule has 4 nitrogen and oxygen atoms in total. The molecule has 0 atom stereocenters. The lowest BCUT2D eigenvalue weighted by atomic mass is 10.1. The van der Waals surface area contributed by atoms with Crippen molar-refractivity contribution in [2.24, 2.45) is 5.92 Å². The predicted molar refractivity (Wildman–Crippen MR) is 71.8 cm³/mol. The van der Waals surface area contributed by atoms with Crippen LogP contribution in [0.2, 0.25) is 0 Å². The number of nitrogen functional groups attached to an aromatic ring is 1. The first-order chi connectivity index (χ1) is 8.83. The average molecular weight is 242 g/mol. The summed E-state index contributed by atoms with van der Waals surface area (Å²) in [7, 11) is 0. The van der Waals surface area contributed by atoms with Gasteiger partial charge in [-0.15, -0.1) is 0 Å². The van der Waals surface area contributed by atoms with Crippen LogP contribution in [0.4, 0.5) is 5.82 Å². The SMILES string of the molecule is Nc1cc(-c2cncn2CC2CCCC2)ccn1. The number of nitrogens with zero attached hydrogens (tertiary/aromatic N) is 3. The highest BCUT2D eigenvalue weighted by molar-refractivity contribution is 5.61. The minimum absolute atomic E-state index is 0.557. The molecule has 4 heteroatoms. The molecule has 0 bridgehead atoms. The second kappa shape index (κ2) is 4.80. The standard InChI is InChI=1S/C14H18N4/c15-14-7-12(5-6-17-14)13-8-16-10-18(13)9-11-3-1-2-4-11/h5-8,10-11H,1-4,9H2,(H2,15,17). The van der Waals surface area contributed by atoms with Crippen molar-refractivity contribution in [3.8, 4) is 11.3 Å². The number of anilines is 1. The zero-order valence-electron chi connectivity index (χ0n) is 10.4. The molecule has 0 saturated heterocycles. The Hall–Kier alpha value is -1.84. The van der Waals surface area contributed by atoms with Gasteiger partial charge >= 0.3 is 0 Å². The van der Waals surface area contributed by atoms with E-state index in [0.717, 1.165) is 23.7 Å². The van der Waals surface area contributed by atoms with E-state index in [1.165, 1.54) is 25.7 Å². The van der Waals surface area contributed by atoms with Crippen LogP contribution in [-0.4, -0.2) is 14.5 Å². The van der Waals surface area contributed by atoms with Crippen molar-refractivity contribution >= 4 is 5.82 Å². The fraction of sp³-hybridized carbons (Fsp3) is 0.429. The summed E-state index contributed by atoms with van der Waals surface area (Å²) in [6.45, 7) is 1.07. The second-order valence-electron chi connectivity index (χ2n) is 5.05. The molecule has 94 valence electrons. The number of rotatable bonds is 3. The molecular weight excluding hydrogens is 224 g/mol. The summed E-state index contributed by atoms with van der Waals surface area (Å²) in [6, 6.07) is 3.89. The van der Waals surface area contributed by atoms with Gasteiger partial charge in [-0.05, 0) is 30.9 Å². The summed E-state index contributed by atoms with van der Waals surface area (Å²) in [5, 5.41) is 0. The van der Waals surface area contributed by atoms with Gasteiger partial charge in [0.15, 0.2) is 0 Å². The van der Waals surface area contributed by atoms with Crippen molar-refractivity contribution in [2.45, 2.75) is 32.2 Å². The van der Waals surface area contributed by atoms with Gasteiger partial charge in [0.1, 0.15) is 5.82 Å². The minimum Gasteiger partial charge on any atom is -0.384 e. The van der Waals surface area contributed by atoms with Crippen LogP contribution in [0.5, 0.6) is 0 Å². The highest BCUT2D eigenvalue weighted by atomic mass is 15.0. The third-order valence-electron chi connectivity index (χ3n) is 3.72. The Bertz CT molecular complexity index is 526. The van der Waals surface area contributed by atoms with Gasteiger partial charge in [-0.3, -0.25) is 0 Å². The van der Waals surface area contributed by atoms with E-state index in [9.17, 15) is 0 Å². The van der Waals surface area contributed by atoms with Crippen molar-refractivity contribution in [1.29, 1.82) is 0 Å². The Balaban J connectivity index is 1.86. The number of hydrogen-bond donors (Lipinski definition) is 1. The van der Waals surface area contributed by atoms with Crippen LogP contribution in [0.15, 0.2) is 30.9 Å². The van der Waals surface area contributed by atoms with Crippen LogP contribution in [-0.2, 0) is 6.54 Å². The molecule has 3 rings (SSSR count). The van der Waals surface area contributed by atoms with E-state index in [4.69, 9.17) is 5.73 Å². The van der Waals surface area contributed by atoms with Crippen molar-refractivity contribution in [2.75, 3.05) is 5.73 Å². The van der Waals surface area contributed by atoms with Crippen LogP contribution in [0.25, 0.3) is 11.3 Å². The zero-order valence-corrected chi connectivity index (χ0v) is 10.4. The Kier molecular flexibility index (Phi) is 3.00. The van der Waals surface area contributed by atoms with E-state index >= 15 is 0 Å². The van der Waals surface area contributed by atoms with Gasteiger partial charge in [-0.1, -0.05) is 12.8 Å². The van der Waals surface area contributed by atoms with Crippen molar-refractivity contribution in [1.82, 2.24) is 14.5 Å². The lowest BCUT2D eigenvalue weighted by molar-refractivity contribution is 0.459. The summed E-state index contributed by atoms with van der Waals surface area (Å²) in [5.41, 5.74) is 7.97. The van der Waals surface area contributed by atoms with Gasteiger partial charge in [-0.2, -0.15) is 0 Å². The summed E-state index contributed by atoms with van der Waals surface area (Å²) in [4.78, 5) is 8.30. The molecule has 0 unspecified atom stereocenters. The van der Waals surface area contributed by atoms with Crippen molar-refractivity contribution in [3.05, 3.63) is 30.9 Å². The number of pyridine rings is 1. The molecule has 2 aromatic rings. The highest BCUT2D eigenvalue weighted by Crippen LogP contribution is 2.28. The van der Waals surface area contributed by atoms with Gasteiger partial charge in [0.05, 0.1) is 18.2 Å². The third-order valence-corrected chi connectivity index (χ3v) is 3.72. The van der Waals surface area contributed by atoms with E-state index in [2.05, 4.69) is 14.5 Å². The number of nitrogens with two attached hydrogens (primary N) is 1. The molecule has 0 aliphatic heterocycles. The molecule has 0 radical (unpaired) electrons. The molecular formula is C14H18N4. The minimum atomic E-state index is 0.557. The topological polar surface area (TPSA) is 56.7 Å². The Morgan fingerprint density at radius 2 is 2.17 bits per heavy atom. The Labute approximate surface area is 107 Å². The molecule has 1 saturated carbocycles. The normalized spacial score (nSPS) is 16.2. The first-order valence-electron chi connectivity index (χ1n) is 6.55. The maximum absolute atomic E-state index is 5.74. The van der Waals surface area contributed by atoms with Crippen LogP contribution in [0, 0.1) is 5.92 Å². The molecule has 1 aliphatic carbocycles. The van der Waals surface area contributed by atoms with Gasteiger partial charge in [-0.25, -0.2) is 9.97 Å². The summed E-state index contributed by atoms with van der Waals surface area (Å²) in [6.07, 6.45) is 11.0. The fourth-order valence-corrected chi connectivity index (χ4v) is 2.79. The smallest absolute Gasteiger partial charge is 0.123 e. The quantitative estimate of drug-likeness (QED) is 0.900.